The van der Waals surface area contributed by atoms with Crippen molar-refractivity contribution in [2.24, 2.45) is 0 Å². The molecule has 21 heavy (non-hydrogen) atoms. The van der Waals surface area contributed by atoms with Gasteiger partial charge in [0.1, 0.15) is 5.75 Å². The summed E-state index contributed by atoms with van der Waals surface area (Å²) in [5, 5.41) is 12.7. The van der Waals surface area contributed by atoms with Crippen molar-refractivity contribution in [1.29, 1.82) is 0 Å². The van der Waals surface area contributed by atoms with Gasteiger partial charge in [-0.15, -0.1) is 25.6 Å². The van der Waals surface area contributed by atoms with Crippen LogP contribution in [0.25, 0.3) is 0 Å². The minimum atomic E-state index is -4.71. The maximum atomic E-state index is 12.2. The fourth-order valence-electron chi connectivity index (χ4n) is 2.34. The van der Waals surface area contributed by atoms with E-state index in [9.17, 15) is 18.3 Å². The monoisotopic (exact) mass is 326 g/mol. The Hall–Kier alpha value is -1.02. The van der Waals surface area contributed by atoms with Gasteiger partial charge in [0.25, 0.3) is 0 Å². The third-order valence-electron chi connectivity index (χ3n) is 3.24. The van der Waals surface area contributed by atoms with Gasteiger partial charge in [0.2, 0.25) is 0 Å². The molecule has 1 fully saturated rings. The molecular weight excluding hydrogens is 309 g/mol. The molecule has 1 aromatic rings. The number of halogens is 4. The lowest BCUT2D eigenvalue weighted by Gasteiger charge is -2.34. The van der Waals surface area contributed by atoms with Gasteiger partial charge in [-0.25, -0.2) is 0 Å². The minimum Gasteiger partial charge on any atom is -0.406 e. The first kappa shape index (κ1) is 18.0. The molecule has 1 atom stereocenters. The maximum absolute atomic E-state index is 12.2. The second-order valence-electron chi connectivity index (χ2n) is 4.60. The predicted octanol–water partition coefficient (Wildman–Crippen LogP) is 1.95. The molecule has 4 nitrogen and oxygen atoms in total. The number of benzene rings is 1. The molecule has 0 unspecified atom stereocenters. The summed E-state index contributed by atoms with van der Waals surface area (Å²) in [6.45, 7) is 2.95. The van der Waals surface area contributed by atoms with E-state index in [-0.39, 0.29) is 30.8 Å². The molecule has 0 aromatic heterocycles. The molecule has 1 heterocycles. The molecule has 0 saturated carbocycles. The first-order chi connectivity index (χ1) is 9.49. The van der Waals surface area contributed by atoms with Crippen LogP contribution in [-0.2, 0) is 0 Å². The van der Waals surface area contributed by atoms with Crippen molar-refractivity contribution < 1.29 is 23.0 Å². The minimum absolute atomic E-state index is 0. The van der Waals surface area contributed by atoms with Crippen LogP contribution in [0.5, 0.6) is 5.75 Å². The normalized spacial score (nSPS) is 17.9. The third-order valence-corrected chi connectivity index (χ3v) is 3.24. The highest BCUT2D eigenvalue weighted by molar-refractivity contribution is 5.85. The summed E-state index contributed by atoms with van der Waals surface area (Å²) in [6.07, 6.45) is -4.71. The molecule has 0 bridgehead atoms. The van der Waals surface area contributed by atoms with Gasteiger partial charge in [0, 0.05) is 26.2 Å². The van der Waals surface area contributed by atoms with Gasteiger partial charge in [-0.05, 0) is 17.7 Å². The fourth-order valence-corrected chi connectivity index (χ4v) is 2.34. The molecule has 0 aliphatic carbocycles. The number of hydrogen-bond acceptors (Lipinski definition) is 4. The van der Waals surface area contributed by atoms with E-state index in [0.29, 0.717) is 5.56 Å². The zero-order valence-electron chi connectivity index (χ0n) is 11.3. The van der Waals surface area contributed by atoms with E-state index < -0.39 is 6.36 Å². The van der Waals surface area contributed by atoms with E-state index in [4.69, 9.17) is 0 Å². The molecule has 1 saturated heterocycles. The quantitative estimate of drug-likeness (QED) is 0.887. The Labute approximate surface area is 127 Å². The second kappa shape index (κ2) is 7.84. The first-order valence-corrected chi connectivity index (χ1v) is 6.41. The Morgan fingerprint density at radius 2 is 1.95 bits per heavy atom. The van der Waals surface area contributed by atoms with Crippen LogP contribution in [0.2, 0.25) is 0 Å². The Morgan fingerprint density at radius 1 is 1.29 bits per heavy atom. The van der Waals surface area contributed by atoms with Gasteiger partial charge in [0.15, 0.2) is 0 Å². The Morgan fingerprint density at radius 3 is 2.52 bits per heavy atom. The molecular formula is C13H18ClF3N2O2. The SMILES string of the molecule is Cl.OC[C@@H](c1cccc(OC(F)(F)F)c1)N1CCNCC1. The number of aliphatic hydroxyl groups excluding tert-OH is 1. The van der Waals surface area contributed by atoms with E-state index in [1.54, 1.807) is 6.07 Å². The lowest BCUT2D eigenvalue weighted by atomic mass is 10.0. The number of rotatable bonds is 4. The van der Waals surface area contributed by atoms with Crippen LogP contribution in [0.15, 0.2) is 24.3 Å². The number of ether oxygens (including phenoxy) is 1. The fraction of sp³-hybridized carbons (Fsp3) is 0.538. The topological polar surface area (TPSA) is 44.7 Å². The molecule has 2 rings (SSSR count). The van der Waals surface area contributed by atoms with Crippen LogP contribution < -0.4 is 10.1 Å². The zero-order valence-corrected chi connectivity index (χ0v) is 12.1. The number of hydrogen-bond donors (Lipinski definition) is 2. The van der Waals surface area contributed by atoms with Gasteiger partial charge in [-0.2, -0.15) is 0 Å². The summed E-state index contributed by atoms with van der Waals surface area (Å²) in [5.41, 5.74) is 0.621. The standard InChI is InChI=1S/C13H17F3N2O2.ClH/c14-13(15,16)20-11-3-1-2-10(8-11)12(9-19)18-6-4-17-5-7-18;/h1-3,8,12,17,19H,4-7,9H2;1H/t12-;/m0./s1. The van der Waals surface area contributed by atoms with Crippen molar-refractivity contribution in [3.8, 4) is 5.75 Å². The predicted molar refractivity (Wildman–Crippen MR) is 74.6 cm³/mol. The highest BCUT2D eigenvalue weighted by Gasteiger charge is 2.31. The average molecular weight is 327 g/mol. The number of nitrogens with one attached hydrogen (secondary N) is 1. The van der Waals surface area contributed by atoms with E-state index in [1.807, 2.05) is 4.90 Å². The van der Waals surface area contributed by atoms with Gasteiger partial charge < -0.3 is 15.2 Å². The number of aliphatic hydroxyl groups is 1. The van der Waals surface area contributed by atoms with Crippen LogP contribution in [0.1, 0.15) is 11.6 Å². The van der Waals surface area contributed by atoms with Gasteiger partial charge in [-0.3, -0.25) is 4.90 Å². The van der Waals surface area contributed by atoms with Crippen LogP contribution in [0, 0.1) is 0 Å². The van der Waals surface area contributed by atoms with Crippen molar-refractivity contribution in [2.75, 3.05) is 32.8 Å². The lowest BCUT2D eigenvalue weighted by Crippen LogP contribution is -2.46. The Balaban J connectivity index is 0.00000220. The maximum Gasteiger partial charge on any atom is 0.573 e. The summed E-state index contributed by atoms with van der Waals surface area (Å²) in [7, 11) is 0. The van der Waals surface area contributed by atoms with Crippen molar-refractivity contribution in [3.05, 3.63) is 29.8 Å². The summed E-state index contributed by atoms with van der Waals surface area (Å²) in [6, 6.07) is 5.47. The summed E-state index contributed by atoms with van der Waals surface area (Å²) < 4.78 is 40.6. The van der Waals surface area contributed by atoms with E-state index in [2.05, 4.69) is 10.1 Å². The molecule has 1 aliphatic heterocycles. The lowest BCUT2D eigenvalue weighted by molar-refractivity contribution is -0.274. The van der Waals surface area contributed by atoms with Crippen molar-refractivity contribution >= 4 is 12.4 Å². The third kappa shape index (κ3) is 5.35. The largest absolute Gasteiger partial charge is 0.573 e. The van der Waals surface area contributed by atoms with E-state index >= 15 is 0 Å². The Kier molecular flexibility index (Phi) is 6.73. The molecule has 1 aromatic carbocycles. The van der Waals surface area contributed by atoms with Crippen molar-refractivity contribution in [2.45, 2.75) is 12.4 Å². The highest BCUT2D eigenvalue weighted by atomic mass is 35.5. The number of alkyl halides is 3. The number of nitrogens with zero attached hydrogens (tertiary/aromatic N) is 1. The molecule has 0 amide bonds. The number of piperazine rings is 1. The first-order valence-electron chi connectivity index (χ1n) is 6.41. The average Bonchev–Trinajstić information content (AvgIpc) is 2.39. The molecule has 8 heteroatoms. The van der Waals surface area contributed by atoms with Gasteiger partial charge in [0.05, 0.1) is 12.6 Å². The Bertz CT molecular complexity index is 440. The van der Waals surface area contributed by atoms with Gasteiger partial charge >= 0.3 is 6.36 Å². The summed E-state index contributed by atoms with van der Waals surface area (Å²) in [5.74, 6) is -0.261. The van der Waals surface area contributed by atoms with Crippen LogP contribution in [0.4, 0.5) is 13.2 Å². The van der Waals surface area contributed by atoms with Crippen LogP contribution in [-0.4, -0.2) is 49.2 Å². The molecule has 0 spiro atoms. The van der Waals surface area contributed by atoms with Crippen LogP contribution in [0.3, 0.4) is 0 Å². The molecule has 120 valence electrons. The molecule has 1 aliphatic rings. The van der Waals surface area contributed by atoms with E-state index in [0.717, 1.165) is 26.2 Å². The summed E-state index contributed by atoms with van der Waals surface area (Å²) >= 11 is 0. The van der Waals surface area contributed by atoms with E-state index in [1.165, 1.54) is 18.2 Å². The smallest absolute Gasteiger partial charge is 0.406 e. The van der Waals surface area contributed by atoms with Crippen molar-refractivity contribution in [3.63, 3.8) is 0 Å². The molecule has 2 N–H and O–H groups in total. The zero-order chi connectivity index (χ0) is 14.6. The molecule has 0 radical (unpaired) electrons. The van der Waals surface area contributed by atoms with Gasteiger partial charge in [-0.1, -0.05) is 12.1 Å². The summed E-state index contributed by atoms with van der Waals surface area (Å²) in [4.78, 5) is 2.04. The highest BCUT2D eigenvalue weighted by Crippen LogP contribution is 2.27. The second-order valence-corrected chi connectivity index (χ2v) is 4.60. The van der Waals surface area contributed by atoms with Crippen molar-refractivity contribution in [1.82, 2.24) is 10.2 Å². The van der Waals surface area contributed by atoms with Crippen LogP contribution >= 0.6 is 12.4 Å².